The number of amides is 1. The van der Waals surface area contributed by atoms with Crippen LogP contribution in [0.4, 0.5) is 0 Å². The largest absolute Gasteiger partial charge is 0.508 e. The zero-order valence-corrected chi connectivity index (χ0v) is 20.1. The number of carbonyl (C=O) groups excluding carboxylic acids is 2. The molecule has 1 aliphatic heterocycles. The summed E-state index contributed by atoms with van der Waals surface area (Å²) in [7, 11) is 1.49. The minimum absolute atomic E-state index is 0.0286. The lowest BCUT2D eigenvalue weighted by Gasteiger charge is -2.26. The summed E-state index contributed by atoms with van der Waals surface area (Å²) in [6.07, 6.45) is 3.23. The van der Waals surface area contributed by atoms with Crippen molar-refractivity contribution < 1.29 is 24.5 Å². The molecule has 4 rings (SSSR count). The molecule has 0 saturated carbocycles. The van der Waals surface area contributed by atoms with Gasteiger partial charge in [0.05, 0.1) is 24.3 Å². The van der Waals surface area contributed by atoms with Crippen LogP contribution >= 0.6 is 0 Å². The van der Waals surface area contributed by atoms with Gasteiger partial charge in [0.2, 0.25) is 0 Å². The van der Waals surface area contributed by atoms with E-state index in [9.17, 15) is 19.8 Å². The second-order valence-electron chi connectivity index (χ2n) is 9.54. The molecule has 1 fully saturated rings. The highest BCUT2D eigenvalue weighted by Gasteiger charge is 2.46. The third-order valence-corrected chi connectivity index (χ3v) is 6.17. The maximum atomic E-state index is 13.3. The molecule has 2 N–H and O–H groups in total. The van der Waals surface area contributed by atoms with Gasteiger partial charge in [0, 0.05) is 18.9 Å². The first-order valence-electron chi connectivity index (χ1n) is 11.3. The first kappa shape index (κ1) is 24.0. The topological polar surface area (TPSA) is 100.0 Å². The number of aliphatic hydroxyl groups is 1. The van der Waals surface area contributed by atoms with Crippen LogP contribution in [-0.4, -0.2) is 38.9 Å². The average Bonchev–Trinajstić information content (AvgIpc) is 3.08. The van der Waals surface area contributed by atoms with Crippen LogP contribution < -0.4 is 4.74 Å². The van der Waals surface area contributed by atoms with E-state index in [4.69, 9.17) is 4.74 Å². The predicted molar refractivity (Wildman–Crippen MR) is 132 cm³/mol. The molecule has 0 spiro atoms. The zero-order chi connectivity index (χ0) is 25.3. The summed E-state index contributed by atoms with van der Waals surface area (Å²) in [5, 5.41) is 21.3. The van der Waals surface area contributed by atoms with Crippen LogP contribution in [0.3, 0.4) is 0 Å². The van der Waals surface area contributed by atoms with E-state index in [1.54, 1.807) is 48.8 Å². The third kappa shape index (κ3) is 4.62. The van der Waals surface area contributed by atoms with Crippen LogP contribution in [-0.2, 0) is 21.5 Å². The molecule has 2 heterocycles. The molecule has 35 heavy (non-hydrogen) atoms. The summed E-state index contributed by atoms with van der Waals surface area (Å²) >= 11 is 0. The first-order chi connectivity index (χ1) is 16.6. The van der Waals surface area contributed by atoms with E-state index < -0.39 is 17.7 Å². The average molecular weight is 473 g/mol. The molecule has 0 bridgehead atoms. The first-order valence-corrected chi connectivity index (χ1v) is 11.3. The molecule has 1 aliphatic rings. The van der Waals surface area contributed by atoms with Crippen molar-refractivity contribution in [2.45, 2.75) is 38.8 Å². The van der Waals surface area contributed by atoms with Gasteiger partial charge in [0.15, 0.2) is 0 Å². The number of phenolic OH excluding ortho intramolecular Hbond substituents is 1. The van der Waals surface area contributed by atoms with Crippen LogP contribution in [0, 0.1) is 0 Å². The number of hydrogen-bond acceptors (Lipinski definition) is 6. The molecule has 1 amide bonds. The molecule has 1 unspecified atom stereocenters. The van der Waals surface area contributed by atoms with Crippen LogP contribution in [0.25, 0.3) is 5.76 Å². The fraction of sp³-hybridized carbons (Fsp3) is 0.250. The van der Waals surface area contributed by atoms with Crippen LogP contribution in [0.15, 0.2) is 72.6 Å². The SMILES string of the molecule is COc1ccc(C(C)(C)C)cc1/C(O)=C1\C(=O)C(=O)N(Cc2ccncc2)C1c1ccc(O)cc1. The van der Waals surface area contributed by atoms with Crippen molar-refractivity contribution in [2.75, 3.05) is 7.11 Å². The van der Waals surface area contributed by atoms with Gasteiger partial charge in [-0.05, 0) is 58.5 Å². The van der Waals surface area contributed by atoms with Gasteiger partial charge in [-0.1, -0.05) is 39.0 Å². The van der Waals surface area contributed by atoms with Gasteiger partial charge < -0.3 is 19.8 Å². The van der Waals surface area contributed by atoms with E-state index in [0.717, 1.165) is 11.1 Å². The molecule has 1 saturated heterocycles. The number of methoxy groups -OCH3 is 1. The number of ketones is 1. The number of hydrogen-bond donors (Lipinski definition) is 2. The van der Waals surface area contributed by atoms with E-state index >= 15 is 0 Å². The van der Waals surface area contributed by atoms with Gasteiger partial charge in [0.25, 0.3) is 11.7 Å². The van der Waals surface area contributed by atoms with Gasteiger partial charge in [-0.25, -0.2) is 0 Å². The number of aromatic hydroxyl groups is 1. The summed E-state index contributed by atoms with van der Waals surface area (Å²) in [4.78, 5) is 32.0. The summed E-state index contributed by atoms with van der Waals surface area (Å²) in [6, 6.07) is 14.4. The van der Waals surface area contributed by atoms with Crippen LogP contribution in [0.5, 0.6) is 11.5 Å². The van der Waals surface area contributed by atoms with Crippen molar-refractivity contribution in [1.82, 2.24) is 9.88 Å². The Bertz CT molecular complexity index is 1290. The van der Waals surface area contributed by atoms with Crippen LogP contribution in [0.1, 0.15) is 49.1 Å². The second kappa shape index (κ2) is 9.25. The van der Waals surface area contributed by atoms with E-state index in [1.165, 1.54) is 24.1 Å². The number of aliphatic hydroxyl groups excluding tert-OH is 1. The molecular weight excluding hydrogens is 444 g/mol. The highest BCUT2D eigenvalue weighted by atomic mass is 16.5. The Kier molecular flexibility index (Phi) is 6.35. The summed E-state index contributed by atoms with van der Waals surface area (Å²) in [6.45, 7) is 6.28. The highest BCUT2D eigenvalue weighted by molar-refractivity contribution is 6.46. The number of carbonyl (C=O) groups is 2. The second-order valence-corrected chi connectivity index (χ2v) is 9.54. The number of ether oxygens (including phenoxy) is 1. The Hall–Kier alpha value is -4.13. The van der Waals surface area contributed by atoms with E-state index in [-0.39, 0.29) is 29.0 Å². The van der Waals surface area contributed by atoms with Gasteiger partial charge in [-0.15, -0.1) is 0 Å². The minimum Gasteiger partial charge on any atom is -0.508 e. The molecule has 0 aliphatic carbocycles. The molecular formula is C28H28N2O5. The number of likely N-dealkylation sites (tertiary alicyclic amines) is 1. The molecule has 1 aromatic heterocycles. The van der Waals surface area contributed by atoms with E-state index in [2.05, 4.69) is 4.98 Å². The van der Waals surface area contributed by atoms with Gasteiger partial charge in [-0.2, -0.15) is 0 Å². The molecule has 180 valence electrons. The van der Waals surface area contributed by atoms with Crippen molar-refractivity contribution in [3.63, 3.8) is 0 Å². The van der Waals surface area contributed by atoms with E-state index in [0.29, 0.717) is 16.9 Å². The van der Waals surface area contributed by atoms with E-state index in [1.807, 2.05) is 26.8 Å². The van der Waals surface area contributed by atoms with Crippen molar-refractivity contribution in [3.05, 3.63) is 94.8 Å². The molecule has 2 aromatic carbocycles. The molecule has 7 heteroatoms. The maximum absolute atomic E-state index is 13.3. The lowest BCUT2D eigenvalue weighted by Crippen LogP contribution is -2.29. The van der Waals surface area contributed by atoms with Crippen molar-refractivity contribution >= 4 is 17.4 Å². The molecule has 3 aromatic rings. The van der Waals surface area contributed by atoms with Crippen molar-refractivity contribution in [3.8, 4) is 11.5 Å². The number of nitrogens with zero attached hydrogens (tertiary/aromatic N) is 2. The smallest absolute Gasteiger partial charge is 0.295 e. The minimum atomic E-state index is -0.855. The number of pyridine rings is 1. The number of phenols is 1. The maximum Gasteiger partial charge on any atom is 0.295 e. The number of Topliss-reactive ketones (excluding diaryl/α,β-unsaturated/α-hetero) is 1. The molecule has 1 atom stereocenters. The number of rotatable bonds is 5. The normalized spacial score (nSPS) is 17.6. The fourth-order valence-electron chi connectivity index (χ4n) is 4.24. The Labute approximate surface area is 204 Å². The molecule has 0 radical (unpaired) electrons. The third-order valence-electron chi connectivity index (χ3n) is 6.17. The quantitative estimate of drug-likeness (QED) is 0.317. The summed E-state index contributed by atoms with van der Waals surface area (Å²) in [5.41, 5.74) is 2.41. The van der Waals surface area contributed by atoms with Gasteiger partial charge >= 0.3 is 0 Å². The van der Waals surface area contributed by atoms with Crippen molar-refractivity contribution in [2.24, 2.45) is 0 Å². The monoisotopic (exact) mass is 472 g/mol. The zero-order valence-electron chi connectivity index (χ0n) is 20.1. The molecule has 7 nitrogen and oxygen atoms in total. The summed E-state index contributed by atoms with van der Waals surface area (Å²) in [5.74, 6) is -1.36. The highest BCUT2D eigenvalue weighted by Crippen LogP contribution is 2.42. The van der Waals surface area contributed by atoms with Gasteiger partial charge in [0.1, 0.15) is 17.3 Å². The number of aromatic nitrogens is 1. The Morgan fingerprint density at radius 2 is 1.69 bits per heavy atom. The standard InChI is InChI=1S/C28H28N2O5/c1-28(2,3)19-7-10-22(35-4)21(15-19)25(32)23-24(18-5-8-20(31)9-6-18)30(27(34)26(23)33)16-17-11-13-29-14-12-17/h5-15,24,31-32H,16H2,1-4H3/b25-23+. The summed E-state index contributed by atoms with van der Waals surface area (Å²) < 4.78 is 5.49. The Morgan fingerprint density at radius 3 is 2.29 bits per heavy atom. The van der Waals surface area contributed by atoms with Gasteiger partial charge in [-0.3, -0.25) is 14.6 Å². The Morgan fingerprint density at radius 1 is 1.03 bits per heavy atom. The number of benzene rings is 2. The lowest BCUT2D eigenvalue weighted by molar-refractivity contribution is -0.140. The van der Waals surface area contributed by atoms with Crippen LogP contribution in [0.2, 0.25) is 0 Å². The predicted octanol–water partition coefficient (Wildman–Crippen LogP) is 4.72. The van der Waals surface area contributed by atoms with Crippen molar-refractivity contribution in [1.29, 1.82) is 0 Å². The fourth-order valence-corrected chi connectivity index (χ4v) is 4.24. The Balaban J connectivity index is 1.92. The lowest BCUT2D eigenvalue weighted by atomic mass is 9.85.